The highest BCUT2D eigenvalue weighted by molar-refractivity contribution is 7.89. The lowest BCUT2D eigenvalue weighted by atomic mass is 10.2. The molecule has 11 heteroatoms. The van der Waals surface area contributed by atoms with E-state index in [1.807, 2.05) is 6.92 Å². The summed E-state index contributed by atoms with van der Waals surface area (Å²) in [5.74, 6) is -0.931. The summed E-state index contributed by atoms with van der Waals surface area (Å²) in [5.41, 5.74) is 9.66. The summed E-state index contributed by atoms with van der Waals surface area (Å²) in [5, 5.41) is 2.68. The summed E-state index contributed by atoms with van der Waals surface area (Å²) in [6.45, 7) is 3.84. The molecule has 0 saturated carbocycles. The van der Waals surface area contributed by atoms with Gasteiger partial charge in [0.1, 0.15) is 12.2 Å². The molecule has 1 fully saturated rings. The van der Waals surface area contributed by atoms with Crippen molar-refractivity contribution in [2.45, 2.75) is 31.0 Å². The number of hydrazine groups is 2. The predicted molar refractivity (Wildman–Crippen MR) is 110 cm³/mol. The molecule has 3 rings (SSSR count). The maximum absolute atomic E-state index is 12.6. The van der Waals surface area contributed by atoms with Crippen molar-refractivity contribution in [1.29, 1.82) is 0 Å². The Hall–Kier alpha value is -2.83. The molecule has 2 unspecified atom stereocenters. The number of hydrogen-bond donors (Lipinski definition) is 5. The number of aryl methyl sites for hydroxylation is 1. The van der Waals surface area contributed by atoms with Gasteiger partial charge in [0.05, 0.1) is 17.1 Å². The summed E-state index contributed by atoms with van der Waals surface area (Å²) in [6.07, 6.45) is -0.935. The van der Waals surface area contributed by atoms with Crippen molar-refractivity contribution in [1.82, 2.24) is 21.1 Å². The van der Waals surface area contributed by atoms with Gasteiger partial charge in [0.15, 0.2) is 0 Å². The van der Waals surface area contributed by atoms with E-state index in [0.29, 0.717) is 11.3 Å². The van der Waals surface area contributed by atoms with Crippen LogP contribution in [0.4, 0.5) is 5.69 Å². The van der Waals surface area contributed by atoms with Gasteiger partial charge in [0.25, 0.3) is 0 Å². The molecular weight excluding hydrogens is 410 g/mol. The third-order valence-corrected chi connectivity index (χ3v) is 5.81. The zero-order chi connectivity index (χ0) is 21.7. The normalized spacial score (nSPS) is 18.7. The van der Waals surface area contributed by atoms with Crippen LogP contribution >= 0.6 is 0 Å². The van der Waals surface area contributed by atoms with E-state index in [9.17, 15) is 18.0 Å². The number of benzene rings is 2. The Bertz CT molecular complexity index is 1010. The first-order valence-corrected chi connectivity index (χ1v) is 10.7. The van der Waals surface area contributed by atoms with Gasteiger partial charge in [0.2, 0.25) is 15.9 Å². The summed E-state index contributed by atoms with van der Waals surface area (Å²) < 4.78 is 32.6. The van der Waals surface area contributed by atoms with Gasteiger partial charge in [-0.1, -0.05) is 17.7 Å². The zero-order valence-corrected chi connectivity index (χ0v) is 17.2. The Morgan fingerprint density at radius 3 is 2.33 bits per heavy atom. The Kier molecular flexibility index (Phi) is 6.80. The summed E-state index contributed by atoms with van der Waals surface area (Å²) >= 11 is 0. The van der Waals surface area contributed by atoms with Crippen LogP contribution in [0.15, 0.2) is 53.4 Å². The van der Waals surface area contributed by atoms with Crippen LogP contribution in [-0.4, -0.2) is 39.1 Å². The Morgan fingerprint density at radius 2 is 1.70 bits per heavy atom. The van der Waals surface area contributed by atoms with E-state index in [-0.39, 0.29) is 11.5 Å². The minimum Gasteiger partial charge on any atom is -0.462 e. The fraction of sp³-hybridized carbons (Fsp3) is 0.263. The van der Waals surface area contributed by atoms with E-state index in [2.05, 4.69) is 26.4 Å². The maximum atomic E-state index is 12.6. The average Bonchev–Trinajstić information content (AvgIpc) is 3.16. The lowest BCUT2D eigenvalue weighted by Gasteiger charge is -2.19. The Balaban J connectivity index is 1.65. The van der Waals surface area contributed by atoms with E-state index in [1.54, 1.807) is 31.2 Å². The number of carbonyl (C=O) groups excluding carboxylic acids is 2. The van der Waals surface area contributed by atoms with Crippen LogP contribution in [0.2, 0.25) is 0 Å². The number of nitrogens with one attached hydrogen (secondary N) is 5. The van der Waals surface area contributed by atoms with Crippen molar-refractivity contribution in [3.05, 3.63) is 59.7 Å². The van der Waals surface area contributed by atoms with E-state index in [4.69, 9.17) is 4.74 Å². The third kappa shape index (κ3) is 5.20. The monoisotopic (exact) mass is 433 g/mol. The number of ether oxygens (including phenoxy) is 1. The van der Waals surface area contributed by atoms with Gasteiger partial charge in [-0.25, -0.2) is 24.1 Å². The van der Waals surface area contributed by atoms with Crippen LogP contribution in [0.5, 0.6) is 0 Å². The van der Waals surface area contributed by atoms with Crippen LogP contribution in [0.1, 0.15) is 22.8 Å². The van der Waals surface area contributed by atoms with Crippen LogP contribution in [-0.2, 0) is 19.6 Å². The molecule has 1 aliphatic heterocycles. The Labute approximate surface area is 174 Å². The molecule has 30 heavy (non-hydrogen) atoms. The smallest absolute Gasteiger partial charge is 0.338 e. The second-order valence-electron chi connectivity index (χ2n) is 6.59. The lowest BCUT2D eigenvalue weighted by molar-refractivity contribution is -0.118. The average molecular weight is 433 g/mol. The molecule has 160 valence electrons. The number of anilines is 1. The lowest BCUT2D eigenvalue weighted by Crippen LogP contribution is -2.53. The van der Waals surface area contributed by atoms with E-state index >= 15 is 0 Å². The van der Waals surface area contributed by atoms with Crippen molar-refractivity contribution in [3.63, 3.8) is 0 Å². The summed E-state index contributed by atoms with van der Waals surface area (Å²) in [4.78, 5) is 24.4. The minimum atomic E-state index is -3.84. The first-order chi connectivity index (χ1) is 14.3. The van der Waals surface area contributed by atoms with Crippen molar-refractivity contribution < 1.29 is 22.7 Å². The molecule has 2 aromatic rings. The fourth-order valence-electron chi connectivity index (χ4n) is 2.75. The van der Waals surface area contributed by atoms with Gasteiger partial charge < -0.3 is 10.1 Å². The predicted octanol–water partition coefficient (Wildman–Crippen LogP) is 0.396. The van der Waals surface area contributed by atoms with Crippen molar-refractivity contribution in [3.8, 4) is 0 Å². The van der Waals surface area contributed by atoms with E-state index in [0.717, 1.165) is 5.56 Å². The maximum Gasteiger partial charge on any atom is 0.338 e. The number of carbonyl (C=O) groups is 2. The molecule has 2 atom stereocenters. The number of esters is 1. The molecule has 0 aliphatic carbocycles. The van der Waals surface area contributed by atoms with Crippen molar-refractivity contribution >= 4 is 27.6 Å². The van der Waals surface area contributed by atoms with Gasteiger partial charge >= 0.3 is 5.97 Å². The molecule has 1 saturated heterocycles. The molecule has 0 spiro atoms. The van der Waals surface area contributed by atoms with Crippen LogP contribution < -0.4 is 26.4 Å². The number of rotatable bonds is 7. The van der Waals surface area contributed by atoms with Gasteiger partial charge in [-0.15, -0.1) is 0 Å². The second kappa shape index (κ2) is 9.32. The molecule has 0 radical (unpaired) electrons. The highest BCUT2D eigenvalue weighted by Gasteiger charge is 2.36. The molecule has 1 amide bonds. The van der Waals surface area contributed by atoms with Crippen molar-refractivity contribution in [2.75, 3.05) is 11.9 Å². The summed E-state index contributed by atoms with van der Waals surface area (Å²) in [7, 11) is -3.84. The van der Waals surface area contributed by atoms with E-state index < -0.39 is 34.1 Å². The standard InChI is InChI=1S/C19H23N5O5S/c1-3-29-19(26)13-6-8-14(9-7-13)20-18(25)16-17(22-24-21-16)23-30(27,28)15-10-4-12(2)5-11-15/h4-11,16-17,21-24H,3H2,1-2H3,(H,20,25). The number of hydrogen-bond acceptors (Lipinski definition) is 8. The molecular formula is C19H23N5O5S. The van der Waals surface area contributed by atoms with Crippen LogP contribution in [0, 0.1) is 6.92 Å². The third-order valence-electron chi connectivity index (χ3n) is 4.35. The minimum absolute atomic E-state index is 0.0931. The topological polar surface area (TPSA) is 138 Å². The molecule has 10 nitrogen and oxygen atoms in total. The largest absolute Gasteiger partial charge is 0.462 e. The van der Waals surface area contributed by atoms with Gasteiger partial charge in [-0.3, -0.25) is 4.79 Å². The Morgan fingerprint density at radius 1 is 1.03 bits per heavy atom. The molecule has 5 N–H and O–H groups in total. The summed E-state index contributed by atoms with van der Waals surface area (Å²) in [6, 6.07) is 11.6. The van der Waals surface area contributed by atoms with Crippen molar-refractivity contribution in [2.24, 2.45) is 0 Å². The van der Waals surface area contributed by atoms with Gasteiger partial charge in [0, 0.05) is 5.69 Å². The molecule has 0 bridgehead atoms. The molecule has 1 aliphatic rings. The van der Waals surface area contributed by atoms with Crippen LogP contribution in [0.3, 0.4) is 0 Å². The highest BCUT2D eigenvalue weighted by Crippen LogP contribution is 2.14. The second-order valence-corrected chi connectivity index (χ2v) is 8.30. The highest BCUT2D eigenvalue weighted by atomic mass is 32.2. The number of amides is 1. The van der Waals surface area contributed by atoms with Gasteiger partial charge in [-0.2, -0.15) is 10.3 Å². The SMILES string of the molecule is CCOC(=O)c1ccc(NC(=O)C2NNNC2NS(=O)(=O)c2ccc(C)cc2)cc1. The first kappa shape index (κ1) is 21.9. The van der Waals surface area contributed by atoms with E-state index in [1.165, 1.54) is 24.3 Å². The van der Waals surface area contributed by atoms with Crippen LogP contribution in [0.25, 0.3) is 0 Å². The molecule has 2 aromatic carbocycles. The quantitative estimate of drug-likeness (QED) is 0.396. The number of sulfonamides is 1. The van der Waals surface area contributed by atoms with Gasteiger partial charge in [-0.05, 0) is 50.2 Å². The fourth-order valence-corrected chi connectivity index (χ4v) is 3.91. The molecule has 1 heterocycles. The molecule has 0 aromatic heterocycles. The zero-order valence-electron chi connectivity index (χ0n) is 16.4. The first-order valence-electron chi connectivity index (χ1n) is 9.23.